The van der Waals surface area contributed by atoms with Crippen molar-refractivity contribution in [3.05, 3.63) is 24.2 Å². The summed E-state index contributed by atoms with van der Waals surface area (Å²) in [6.45, 7) is -1.97. The highest BCUT2D eigenvalue weighted by atomic mass is 16.6. The molecule has 2 aliphatic rings. The lowest BCUT2D eigenvalue weighted by Crippen LogP contribution is -2.69. The maximum absolute atomic E-state index is 10.7. The van der Waals surface area contributed by atoms with Gasteiger partial charge in [-0.3, -0.25) is 0 Å². The van der Waals surface area contributed by atoms with Gasteiger partial charge in [-0.25, -0.2) is 0 Å². The molecule has 0 radical (unpaired) electrons. The Morgan fingerprint density at radius 2 is 1.80 bits per heavy atom. The van der Waals surface area contributed by atoms with Gasteiger partial charge in [0.2, 0.25) is 0 Å². The molecule has 142 valence electrons. The number of ether oxygens (including phenoxy) is 2. The molecule has 8 atom stereocenters. The molecule has 0 bridgehead atoms. The molecule has 0 spiro atoms. The Morgan fingerprint density at radius 3 is 2.32 bits per heavy atom. The van der Waals surface area contributed by atoms with Gasteiger partial charge in [0.25, 0.3) is 0 Å². The van der Waals surface area contributed by atoms with Crippen LogP contribution in [0.3, 0.4) is 0 Å². The molecule has 1 aromatic rings. The van der Waals surface area contributed by atoms with E-state index in [1.807, 2.05) is 0 Å². The van der Waals surface area contributed by atoms with E-state index in [0.717, 1.165) is 0 Å². The van der Waals surface area contributed by atoms with Crippen LogP contribution in [0.1, 0.15) is 5.76 Å². The monoisotopic (exact) mass is 362 g/mol. The van der Waals surface area contributed by atoms with Crippen LogP contribution >= 0.6 is 0 Å². The second kappa shape index (κ2) is 6.58. The first-order valence-corrected chi connectivity index (χ1v) is 7.81. The Morgan fingerprint density at radius 1 is 1.08 bits per heavy atom. The van der Waals surface area contributed by atoms with E-state index in [1.54, 1.807) is 0 Å². The topological polar surface area (TPSA) is 173 Å². The molecule has 0 aliphatic carbocycles. The van der Waals surface area contributed by atoms with Gasteiger partial charge in [-0.2, -0.15) is 0 Å². The minimum absolute atomic E-state index is 0.0457. The average molecular weight is 362 g/mol. The van der Waals surface area contributed by atoms with Gasteiger partial charge in [0.1, 0.15) is 48.0 Å². The Hall–Kier alpha value is -1.08. The van der Waals surface area contributed by atoms with Gasteiger partial charge in [-0.1, -0.05) is 0 Å². The van der Waals surface area contributed by atoms with E-state index < -0.39 is 67.6 Å². The third kappa shape index (κ3) is 2.62. The third-order valence-electron chi connectivity index (χ3n) is 4.97. The zero-order valence-corrected chi connectivity index (χ0v) is 13.2. The van der Waals surface area contributed by atoms with Crippen molar-refractivity contribution >= 4 is 0 Å². The van der Waals surface area contributed by atoms with Crippen LogP contribution in [0.4, 0.5) is 0 Å². The van der Waals surface area contributed by atoms with Crippen molar-refractivity contribution in [1.82, 2.24) is 0 Å². The van der Waals surface area contributed by atoms with E-state index in [4.69, 9.17) is 13.9 Å². The molecule has 25 heavy (non-hydrogen) atoms. The van der Waals surface area contributed by atoms with Crippen molar-refractivity contribution in [2.45, 2.75) is 47.8 Å². The summed E-state index contributed by atoms with van der Waals surface area (Å²) in [5.41, 5.74) is -4.04. The zero-order valence-electron chi connectivity index (χ0n) is 13.2. The molecule has 2 fully saturated rings. The molecule has 0 amide bonds. The molecular weight excluding hydrogens is 340 g/mol. The summed E-state index contributed by atoms with van der Waals surface area (Å²) < 4.78 is 16.4. The molecule has 0 saturated carbocycles. The van der Waals surface area contributed by atoms with E-state index in [1.165, 1.54) is 18.4 Å². The van der Waals surface area contributed by atoms with Crippen LogP contribution in [0.2, 0.25) is 0 Å². The van der Waals surface area contributed by atoms with Gasteiger partial charge in [0.15, 0.2) is 5.60 Å². The van der Waals surface area contributed by atoms with E-state index in [2.05, 4.69) is 0 Å². The molecule has 2 unspecified atom stereocenters. The summed E-state index contributed by atoms with van der Waals surface area (Å²) in [6.07, 6.45) is -8.40. The number of hydrogen-bond donors (Lipinski definition) is 7. The Balaban J connectivity index is 2.09. The molecule has 10 heteroatoms. The summed E-state index contributed by atoms with van der Waals surface area (Å²) in [5.74, 6) is -0.0457. The van der Waals surface area contributed by atoms with Crippen LogP contribution in [-0.4, -0.2) is 97.8 Å². The molecule has 2 saturated heterocycles. The number of aliphatic hydroxyl groups excluding tert-OH is 6. The standard InChI is InChI=1S/C15H22O10/c16-4-7-9(18)10(19)11(20)15(25-7,8-2-1-3-23-8)13-12(21)14(22,5-17)6-24-13/h1-3,7,9-13,16-22H,4-6H2/t7-,9-,10-,11-,12+,13?,14?,15+/m1/s1. The van der Waals surface area contributed by atoms with Crippen molar-refractivity contribution in [3.63, 3.8) is 0 Å². The minimum Gasteiger partial charge on any atom is -0.466 e. The fourth-order valence-electron chi connectivity index (χ4n) is 3.47. The quantitative estimate of drug-likeness (QED) is 0.284. The highest BCUT2D eigenvalue weighted by Crippen LogP contribution is 2.47. The SMILES string of the molecule is OC[C@H]1O[C@](c2ccco2)(C2OCC(O)(CO)[C@H]2O)[C@H](O)[C@H](O)[C@@H]1O. The van der Waals surface area contributed by atoms with Crippen molar-refractivity contribution in [3.8, 4) is 0 Å². The van der Waals surface area contributed by atoms with Gasteiger partial charge in [-0.15, -0.1) is 0 Å². The molecule has 3 heterocycles. The summed E-state index contributed by atoms with van der Waals surface area (Å²) in [4.78, 5) is 0. The van der Waals surface area contributed by atoms with Crippen LogP contribution in [-0.2, 0) is 15.1 Å². The van der Waals surface area contributed by atoms with Crippen molar-refractivity contribution < 1.29 is 49.6 Å². The number of rotatable bonds is 4. The van der Waals surface area contributed by atoms with Crippen LogP contribution in [0.25, 0.3) is 0 Å². The van der Waals surface area contributed by atoms with Crippen LogP contribution < -0.4 is 0 Å². The molecule has 2 aliphatic heterocycles. The third-order valence-corrected chi connectivity index (χ3v) is 4.97. The zero-order chi connectivity index (χ0) is 18.4. The lowest BCUT2D eigenvalue weighted by molar-refractivity contribution is -0.318. The molecule has 7 N–H and O–H groups in total. The summed E-state index contributed by atoms with van der Waals surface area (Å²) >= 11 is 0. The van der Waals surface area contributed by atoms with Gasteiger partial charge in [-0.05, 0) is 12.1 Å². The molecular formula is C15H22O10. The fourth-order valence-corrected chi connectivity index (χ4v) is 3.47. The first kappa shape index (κ1) is 18.7. The maximum Gasteiger partial charge on any atom is 0.183 e. The van der Waals surface area contributed by atoms with Gasteiger partial charge in [0, 0.05) is 0 Å². The first-order valence-electron chi connectivity index (χ1n) is 7.81. The fraction of sp³-hybridized carbons (Fsp3) is 0.733. The lowest BCUT2D eigenvalue weighted by atomic mass is 9.76. The van der Waals surface area contributed by atoms with Crippen LogP contribution in [0.15, 0.2) is 22.8 Å². The summed E-state index contributed by atoms with van der Waals surface area (Å²) in [6, 6.07) is 2.87. The Bertz CT molecular complexity index is 577. The van der Waals surface area contributed by atoms with Gasteiger partial charge >= 0.3 is 0 Å². The molecule has 3 rings (SSSR count). The second-order valence-corrected chi connectivity index (χ2v) is 6.47. The normalized spacial score (nSPS) is 48.0. The summed E-state index contributed by atoms with van der Waals surface area (Å²) in [7, 11) is 0. The smallest absolute Gasteiger partial charge is 0.183 e. The van der Waals surface area contributed by atoms with Crippen molar-refractivity contribution in [2.24, 2.45) is 0 Å². The minimum atomic E-state index is -2.03. The van der Waals surface area contributed by atoms with Gasteiger partial charge in [0.05, 0.1) is 26.1 Å². The van der Waals surface area contributed by atoms with E-state index in [0.29, 0.717) is 0 Å². The predicted molar refractivity (Wildman–Crippen MR) is 78.1 cm³/mol. The van der Waals surface area contributed by atoms with E-state index in [-0.39, 0.29) is 5.76 Å². The number of furan rings is 1. The molecule has 0 aromatic carbocycles. The Labute approximate surface area is 142 Å². The highest BCUT2D eigenvalue weighted by Gasteiger charge is 2.66. The van der Waals surface area contributed by atoms with E-state index in [9.17, 15) is 35.7 Å². The van der Waals surface area contributed by atoms with E-state index >= 15 is 0 Å². The largest absolute Gasteiger partial charge is 0.466 e. The van der Waals surface area contributed by atoms with Crippen LogP contribution in [0, 0.1) is 0 Å². The van der Waals surface area contributed by atoms with Crippen molar-refractivity contribution in [2.75, 3.05) is 19.8 Å². The van der Waals surface area contributed by atoms with Crippen molar-refractivity contribution in [1.29, 1.82) is 0 Å². The Kier molecular flexibility index (Phi) is 4.92. The molecule has 1 aromatic heterocycles. The number of hydrogen-bond acceptors (Lipinski definition) is 10. The maximum atomic E-state index is 10.7. The van der Waals surface area contributed by atoms with Crippen LogP contribution in [0.5, 0.6) is 0 Å². The predicted octanol–water partition coefficient (Wildman–Crippen LogP) is -3.57. The van der Waals surface area contributed by atoms with Gasteiger partial charge < -0.3 is 49.6 Å². The summed E-state index contributed by atoms with van der Waals surface area (Å²) in [5, 5.41) is 70.4. The highest BCUT2D eigenvalue weighted by molar-refractivity contribution is 5.23. The average Bonchev–Trinajstić information content (AvgIpc) is 3.25. The lowest BCUT2D eigenvalue weighted by Gasteiger charge is -2.50. The number of aliphatic hydroxyl groups is 7. The molecule has 10 nitrogen and oxygen atoms in total. The second-order valence-electron chi connectivity index (χ2n) is 6.47. The first-order chi connectivity index (χ1) is 11.8.